The van der Waals surface area contributed by atoms with E-state index in [1.54, 1.807) is 14.1 Å². The molecule has 0 aromatic carbocycles. The lowest BCUT2D eigenvalue weighted by molar-refractivity contribution is -0.128. The van der Waals surface area contributed by atoms with Crippen molar-refractivity contribution in [1.82, 2.24) is 9.21 Å². The predicted octanol–water partition coefficient (Wildman–Crippen LogP) is -1.71. The zero-order valence-corrected chi connectivity index (χ0v) is 9.54. The van der Waals surface area contributed by atoms with Gasteiger partial charge in [0.1, 0.15) is 0 Å². The van der Waals surface area contributed by atoms with Crippen LogP contribution in [0.15, 0.2) is 0 Å². The maximum absolute atomic E-state index is 11.4. The minimum Gasteiger partial charge on any atom is -0.348 e. The molecule has 0 atom stereocenters. The third-order valence-corrected chi connectivity index (χ3v) is 3.54. The van der Waals surface area contributed by atoms with Crippen LogP contribution in [0.1, 0.15) is 0 Å². The van der Waals surface area contributed by atoms with E-state index < -0.39 is 10.0 Å². The number of hydrogen-bond donors (Lipinski definition) is 1. The van der Waals surface area contributed by atoms with Crippen molar-refractivity contribution < 1.29 is 13.2 Å². The Labute approximate surface area is 84.7 Å². The Balaban J connectivity index is 4.35. The highest BCUT2D eigenvalue weighted by molar-refractivity contribution is 7.89. The van der Waals surface area contributed by atoms with E-state index in [0.29, 0.717) is 0 Å². The molecule has 1 amide bonds. The summed E-state index contributed by atoms with van der Waals surface area (Å²) in [6.45, 7) is -0.0852. The average molecular weight is 223 g/mol. The number of rotatable bonds is 5. The molecule has 0 radical (unpaired) electrons. The summed E-state index contributed by atoms with van der Waals surface area (Å²) in [7, 11) is 1.14. The average Bonchev–Trinajstić information content (AvgIpc) is 2.03. The van der Waals surface area contributed by atoms with E-state index in [9.17, 15) is 13.2 Å². The van der Waals surface area contributed by atoms with E-state index in [1.165, 1.54) is 11.9 Å². The molecule has 0 spiro atoms. The number of nitrogens with zero attached hydrogens (tertiary/aromatic N) is 2. The molecule has 0 rings (SSSR count). The maximum Gasteiger partial charge on any atom is 0.237 e. The molecule has 0 aliphatic heterocycles. The van der Waals surface area contributed by atoms with Gasteiger partial charge >= 0.3 is 0 Å². The summed E-state index contributed by atoms with van der Waals surface area (Å²) in [5.41, 5.74) is 5.14. The highest BCUT2D eigenvalue weighted by Crippen LogP contribution is 1.97. The Morgan fingerprint density at radius 1 is 1.29 bits per heavy atom. The fourth-order valence-corrected chi connectivity index (χ4v) is 1.65. The Hall–Kier alpha value is -0.660. The molecule has 0 unspecified atom stereocenters. The zero-order chi connectivity index (χ0) is 11.4. The van der Waals surface area contributed by atoms with Gasteiger partial charge in [0, 0.05) is 27.7 Å². The summed E-state index contributed by atoms with van der Waals surface area (Å²) in [4.78, 5) is 12.5. The molecule has 14 heavy (non-hydrogen) atoms. The van der Waals surface area contributed by atoms with Crippen molar-refractivity contribution >= 4 is 15.9 Å². The highest BCUT2D eigenvalue weighted by atomic mass is 32.2. The van der Waals surface area contributed by atoms with Crippen molar-refractivity contribution in [2.24, 2.45) is 5.73 Å². The van der Waals surface area contributed by atoms with Crippen molar-refractivity contribution in [2.45, 2.75) is 0 Å². The molecule has 0 aliphatic carbocycles. The normalized spacial score (nSPS) is 11.8. The number of nitrogens with two attached hydrogens (primary N) is 1. The van der Waals surface area contributed by atoms with Crippen molar-refractivity contribution in [1.29, 1.82) is 0 Å². The maximum atomic E-state index is 11.4. The van der Waals surface area contributed by atoms with Crippen LogP contribution in [0.3, 0.4) is 0 Å². The van der Waals surface area contributed by atoms with Crippen molar-refractivity contribution in [3.8, 4) is 0 Å². The first-order valence-corrected chi connectivity index (χ1v) is 5.76. The molecule has 0 saturated heterocycles. The van der Waals surface area contributed by atoms with Crippen molar-refractivity contribution in [2.75, 3.05) is 40.0 Å². The van der Waals surface area contributed by atoms with Crippen molar-refractivity contribution in [3.05, 3.63) is 0 Å². The van der Waals surface area contributed by atoms with E-state index >= 15 is 0 Å². The van der Waals surface area contributed by atoms with Gasteiger partial charge in [-0.25, -0.2) is 8.42 Å². The van der Waals surface area contributed by atoms with E-state index in [0.717, 1.165) is 4.31 Å². The molecule has 7 heteroatoms. The molecule has 0 bridgehead atoms. The molecular formula is C7H17N3O3S. The first-order valence-electron chi connectivity index (χ1n) is 4.15. The van der Waals surface area contributed by atoms with Gasteiger partial charge in [-0.2, -0.15) is 4.31 Å². The minimum absolute atomic E-state index is 0.0584. The number of carbonyl (C=O) groups excluding carboxylic acids is 1. The van der Waals surface area contributed by atoms with Gasteiger partial charge < -0.3 is 10.6 Å². The Morgan fingerprint density at radius 3 is 2.14 bits per heavy atom. The fraction of sp³-hybridized carbons (Fsp3) is 0.857. The molecule has 0 aromatic rings. The van der Waals surface area contributed by atoms with Gasteiger partial charge in [0.15, 0.2) is 0 Å². The fourth-order valence-electron chi connectivity index (χ4n) is 0.735. The summed E-state index contributed by atoms with van der Waals surface area (Å²) in [5, 5.41) is 0. The van der Waals surface area contributed by atoms with E-state index in [-0.39, 0.29) is 24.7 Å². The molecule has 0 aromatic heterocycles. The number of amides is 1. The molecule has 6 nitrogen and oxygen atoms in total. The highest BCUT2D eigenvalue weighted by Gasteiger charge is 2.19. The van der Waals surface area contributed by atoms with Crippen LogP contribution in [0, 0.1) is 0 Å². The van der Waals surface area contributed by atoms with E-state index in [2.05, 4.69) is 0 Å². The minimum atomic E-state index is -3.38. The van der Waals surface area contributed by atoms with Crippen LogP contribution in [0.25, 0.3) is 0 Å². The topological polar surface area (TPSA) is 83.7 Å². The molecule has 84 valence electrons. The van der Waals surface area contributed by atoms with E-state index in [4.69, 9.17) is 5.73 Å². The molecular weight excluding hydrogens is 206 g/mol. The summed E-state index contributed by atoms with van der Waals surface area (Å²) in [6.07, 6.45) is 0. The molecule has 0 aliphatic rings. The second-order valence-electron chi connectivity index (χ2n) is 3.15. The van der Waals surface area contributed by atoms with Crippen LogP contribution in [-0.4, -0.2) is 63.5 Å². The quantitative estimate of drug-likeness (QED) is 0.602. The Morgan fingerprint density at radius 2 is 1.79 bits per heavy atom. The summed E-state index contributed by atoms with van der Waals surface area (Å²) in [6, 6.07) is 0. The third-order valence-electron chi connectivity index (χ3n) is 1.71. The lowest BCUT2D eigenvalue weighted by atomic mass is 10.5. The number of carbonyl (C=O) groups is 1. The first kappa shape index (κ1) is 13.3. The zero-order valence-electron chi connectivity index (χ0n) is 8.73. The Kier molecular flexibility index (Phi) is 5.03. The van der Waals surface area contributed by atoms with Gasteiger partial charge in [0.05, 0.1) is 12.3 Å². The van der Waals surface area contributed by atoms with Crippen molar-refractivity contribution in [3.63, 3.8) is 0 Å². The van der Waals surface area contributed by atoms with Gasteiger partial charge in [0.2, 0.25) is 15.9 Å². The molecule has 0 fully saturated rings. The summed E-state index contributed by atoms with van der Waals surface area (Å²) in [5.74, 6) is -0.391. The second kappa shape index (κ2) is 5.28. The Bertz CT molecular complexity index is 287. The van der Waals surface area contributed by atoms with Gasteiger partial charge in [-0.05, 0) is 0 Å². The third kappa shape index (κ3) is 4.03. The molecule has 2 N–H and O–H groups in total. The monoisotopic (exact) mass is 223 g/mol. The number of likely N-dealkylation sites (N-methyl/N-ethyl adjacent to an activating group) is 2. The molecule has 0 saturated carbocycles. The first-order chi connectivity index (χ1) is 6.31. The van der Waals surface area contributed by atoms with Gasteiger partial charge in [0.25, 0.3) is 0 Å². The smallest absolute Gasteiger partial charge is 0.237 e. The van der Waals surface area contributed by atoms with Gasteiger partial charge in [-0.15, -0.1) is 0 Å². The van der Waals surface area contributed by atoms with E-state index in [1.807, 2.05) is 0 Å². The summed E-state index contributed by atoms with van der Waals surface area (Å²) < 4.78 is 23.7. The predicted molar refractivity (Wildman–Crippen MR) is 54.2 cm³/mol. The van der Waals surface area contributed by atoms with Crippen LogP contribution in [-0.2, 0) is 14.8 Å². The number of hydrogen-bond acceptors (Lipinski definition) is 4. The SMILES string of the molecule is CN(C)C(=O)CN(C)S(=O)(=O)CCN. The lowest BCUT2D eigenvalue weighted by Gasteiger charge is -2.18. The van der Waals surface area contributed by atoms with Crippen LogP contribution in [0.5, 0.6) is 0 Å². The number of sulfonamides is 1. The standard InChI is InChI=1S/C7H17N3O3S/c1-9(2)7(11)6-10(3)14(12,13)5-4-8/h4-6,8H2,1-3H3. The largest absolute Gasteiger partial charge is 0.348 e. The van der Waals surface area contributed by atoms with Crippen LogP contribution < -0.4 is 5.73 Å². The summed E-state index contributed by atoms with van der Waals surface area (Å²) >= 11 is 0. The lowest BCUT2D eigenvalue weighted by Crippen LogP contribution is -2.39. The molecule has 0 heterocycles. The van der Waals surface area contributed by atoms with Crippen LogP contribution in [0.2, 0.25) is 0 Å². The van der Waals surface area contributed by atoms with Crippen LogP contribution >= 0.6 is 0 Å². The van der Waals surface area contributed by atoms with Gasteiger partial charge in [-0.3, -0.25) is 4.79 Å². The second-order valence-corrected chi connectivity index (χ2v) is 5.34. The van der Waals surface area contributed by atoms with Gasteiger partial charge in [-0.1, -0.05) is 0 Å². The van der Waals surface area contributed by atoms with Crippen LogP contribution in [0.4, 0.5) is 0 Å².